The Labute approximate surface area is 122 Å². The zero-order chi connectivity index (χ0) is 13.2. The van der Waals surface area contributed by atoms with Crippen LogP contribution in [0.4, 0.5) is 5.95 Å². The number of rotatable bonds is 3. The molecular formula is C13H10BrN3OS. The summed E-state index contributed by atoms with van der Waals surface area (Å²) in [5.41, 5.74) is 6.74. The molecule has 0 aliphatic carbocycles. The predicted molar refractivity (Wildman–Crippen MR) is 80.3 cm³/mol. The third kappa shape index (κ3) is 2.54. The highest BCUT2D eigenvalue weighted by Crippen LogP contribution is 2.28. The summed E-state index contributed by atoms with van der Waals surface area (Å²) in [4.78, 5) is 9.16. The molecule has 3 aromatic rings. The average Bonchev–Trinajstić information content (AvgIpc) is 2.85. The first kappa shape index (κ1) is 12.4. The van der Waals surface area contributed by atoms with E-state index in [9.17, 15) is 0 Å². The summed E-state index contributed by atoms with van der Waals surface area (Å²) in [7, 11) is 0. The van der Waals surface area contributed by atoms with Gasteiger partial charge in [-0.1, -0.05) is 34.1 Å². The minimum absolute atomic E-state index is 0.233. The summed E-state index contributed by atoms with van der Waals surface area (Å²) in [6, 6.07) is 9.85. The van der Waals surface area contributed by atoms with Crippen LogP contribution in [-0.2, 0) is 6.61 Å². The molecule has 3 rings (SSSR count). The molecule has 2 N–H and O–H groups in total. The van der Waals surface area contributed by atoms with Gasteiger partial charge in [-0.05, 0) is 17.5 Å². The lowest BCUT2D eigenvalue weighted by atomic mass is 10.2. The molecule has 0 aliphatic rings. The smallest absolute Gasteiger partial charge is 0.227 e. The van der Waals surface area contributed by atoms with Gasteiger partial charge in [0, 0.05) is 10.0 Å². The molecule has 0 saturated carbocycles. The number of fused-ring (bicyclic) bond motifs is 1. The fourth-order valence-electron chi connectivity index (χ4n) is 1.72. The Balaban J connectivity index is 1.90. The minimum atomic E-state index is 0.233. The highest BCUT2D eigenvalue weighted by Gasteiger charge is 2.09. The van der Waals surface area contributed by atoms with Crippen molar-refractivity contribution < 1.29 is 4.74 Å². The minimum Gasteiger partial charge on any atom is -0.472 e. The van der Waals surface area contributed by atoms with Crippen LogP contribution >= 0.6 is 27.3 Å². The summed E-state index contributed by atoms with van der Waals surface area (Å²) < 4.78 is 6.78. The van der Waals surface area contributed by atoms with E-state index in [4.69, 9.17) is 10.5 Å². The van der Waals surface area contributed by atoms with Gasteiger partial charge in [-0.3, -0.25) is 0 Å². The second-order valence-electron chi connectivity index (χ2n) is 3.91. The van der Waals surface area contributed by atoms with Crippen LogP contribution in [0.5, 0.6) is 5.88 Å². The van der Waals surface area contributed by atoms with Crippen molar-refractivity contribution in [3.8, 4) is 5.88 Å². The molecule has 2 aromatic heterocycles. The average molecular weight is 336 g/mol. The van der Waals surface area contributed by atoms with Gasteiger partial charge in [-0.2, -0.15) is 4.98 Å². The lowest BCUT2D eigenvalue weighted by molar-refractivity contribution is 0.297. The highest BCUT2D eigenvalue weighted by molar-refractivity contribution is 9.10. The lowest BCUT2D eigenvalue weighted by Crippen LogP contribution is -2.01. The second kappa shape index (κ2) is 5.14. The van der Waals surface area contributed by atoms with Crippen LogP contribution in [0.1, 0.15) is 5.56 Å². The fourth-order valence-corrected chi connectivity index (χ4v) is 2.88. The number of aromatic nitrogens is 2. The number of hydrogen-bond acceptors (Lipinski definition) is 5. The first-order chi connectivity index (χ1) is 9.24. The molecule has 0 radical (unpaired) electrons. The molecule has 96 valence electrons. The Hall–Kier alpha value is -1.66. The lowest BCUT2D eigenvalue weighted by Gasteiger charge is -2.08. The van der Waals surface area contributed by atoms with Crippen molar-refractivity contribution in [2.45, 2.75) is 6.61 Å². The van der Waals surface area contributed by atoms with Crippen molar-refractivity contribution in [2.24, 2.45) is 0 Å². The molecule has 0 aliphatic heterocycles. The molecule has 2 heterocycles. The van der Waals surface area contributed by atoms with E-state index < -0.39 is 0 Å². The first-order valence-electron chi connectivity index (χ1n) is 5.61. The number of nitrogens with zero attached hydrogens (tertiary/aromatic N) is 2. The monoisotopic (exact) mass is 335 g/mol. The molecule has 0 bridgehead atoms. The van der Waals surface area contributed by atoms with Gasteiger partial charge in [0.25, 0.3) is 0 Å². The van der Waals surface area contributed by atoms with Gasteiger partial charge in [0.15, 0.2) is 0 Å². The van der Waals surface area contributed by atoms with Crippen LogP contribution < -0.4 is 10.5 Å². The van der Waals surface area contributed by atoms with Crippen LogP contribution in [0, 0.1) is 0 Å². The normalized spacial score (nSPS) is 10.8. The maximum atomic E-state index is 5.77. The standard InChI is InChI=1S/C13H10BrN3OS/c14-10-4-2-1-3-8(10)7-18-11-9-5-6-19-12(9)17-13(15)16-11/h1-6H,7H2,(H2,15,16,17). The van der Waals surface area contributed by atoms with Gasteiger partial charge in [-0.25, -0.2) is 4.98 Å². The van der Waals surface area contributed by atoms with Crippen molar-refractivity contribution in [3.05, 3.63) is 45.7 Å². The Morgan fingerprint density at radius 3 is 2.89 bits per heavy atom. The number of hydrogen-bond donors (Lipinski definition) is 1. The number of nitrogen functional groups attached to an aromatic ring is 1. The van der Waals surface area contributed by atoms with Crippen molar-refractivity contribution in [1.29, 1.82) is 0 Å². The molecule has 0 atom stereocenters. The Morgan fingerprint density at radius 1 is 1.21 bits per heavy atom. The molecule has 1 aromatic carbocycles. The first-order valence-corrected chi connectivity index (χ1v) is 7.28. The Kier molecular flexibility index (Phi) is 3.35. The van der Waals surface area contributed by atoms with E-state index >= 15 is 0 Å². The van der Waals surface area contributed by atoms with E-state index in [2.05, 4.69) is 25.9 Å². The van der Waals surface area contributed by atoms with Crippen LogP contribution in [0.2, 0.25) is 0 Å². The topological polar surface area (TPSA) is 61.0 Å². The fraction of sp³-hybridized carbons (Fsp3) is 0.0769. The van der Waals surface area contributed by atoms with E-state index in [1.807, 2.05) is 35.7 Å². The molecular weight excluding hydrogens is 326 g/mol. The van der Waals surface area contributed by atoms with Gasteiger partial charge in [0.2, 0.25) is 11.8 Å². The summed E-state index contributed by atoms with van der Waals surface area (Å²) in [6.45, 7) is 0.433. The van der Waals surface area contributed by atoms with Gasteiger partial charge >= 0.3 is 0 Å². The van der Waals surface area contributed by atoms with Crippen molar-refractivity contribution in [1.82, 2.24) is 9.97 Å². The highest BCUT2D eigenvalue weighted by atomic mass is 79.9. The molecule has 0 fully saturated rings. The maximum Gasteiger partial charge on any atom is 0.227 e. The maximum absolute atomic E-state index is 5.77. The zero-order valence-corrected chi connectivity index (χ0v) is 12.2. The van der Waals surface area contributed by atoms with Gasteiger partial charge in [0.05, 0.1) is 5.39 Å². The number of halogens is 1. The number of thiophene rings is 1. The molecule has 6 heteroatoms. The number of anilines is 1. The molecule has 4 nitrogen and oxygen atoms in total. The summed E-state index contributed by atoms with van der Waals surface area (Å²) in [6.07, 6.45) is 0. The summed E-state index contributed by atoms with van der Waals surface area (Å²) in [5.74, 6) is 0.761. The van der Waals surface area contributed by atoms with E-state index in [1.165, 1.54) is 11.3 Å². The van der Waals surface area contributed by atoms with E-state index in [0.717, 1.165) is 20.3 Å². The van der Waals surface area contributed by atoms with Crippen molar-refractivity contribution in [2.75, 3.05) is 5.73 Å². The van der Waals surface area contributed by atoms with Crippen LogP contribution in [-0.4, -0.2) is 9.97 Å². The van der Waals surface area contributed by atoms with Gasteiger partial charge in [0.1, 0.15) is 11.4 Å². The van der Waals surface area contributed by atoms with E-state index in [-0.39, 0.29) is 5.95 Å². The number of nitrogens with two attached hydrogens (primary N) is 1. The molecule has 19 heavy (non-hydrogen) atoms. The summed E-state index contributed by atoms with van der Waals surface area (Å²) in [5, 5.41) is 2.84. The number of ether oxygens (including phenoxy) is 1. The zero-order valence-electron chi connectivity index (χ0n) is 9.84. The van der Waals surface area contributed by atoms with Crippen molar-refractivity contribution in [3.63, 3.8) is 0 Å². The number of benzene rings is 1. The molecule has 0 unspecified atom stereocenters. The summed E-state index contributed by atoms with van der Waals surface area (Å²) >= 11 is 5.01. The molecule has 0 amide bonds. The quantitative estimate of drug-likeness (QED) is 0.794. The van der Waals surface area contributed by atoms with E-state index in [0.29, 0.717) is 12.5 Å². The molecule has 0 saturated heterocycles. The third-order valence-corrected chi connectivity index (χ3v) is 4.21. The second-order valence-corrected chi connectivity index (χ2v) is 5.66. The largest absolute Gasteiger partial charge is 0.472 e. The third-order valence-electron chi connectivity index (χ3n) is 2.63. The van der Waals surface area contributed by atoms with Gasteiger partial charge in [-0.15, -0.1) is 11.3 Å². The Morgan fingerprint density at radius 2 is 2.05 bits per heavy atom. The van der Waals surface area contributed by atoms with Crippen LogP contribution in [0.25, 0.3) is 10.2 Å². The van der Waals surface area contributed by atoms with E-state index in [1.54, 1.807) is 0 Å². The Bertz CT molecular complexity index is 729. The predicted octanol–water partition coefficient (Wildman–Crippen LogP) is 3.62. The van der Waals surface area contributed by atoms with Crippen molar-refractivity contribution >= 4 is 43.4 Å². The van der Waals surface area contributed by atoms with Gasteiger partial charge < -0.3 is 10.5 Å². The van der Waals surface area contributed by atoms with Crippen LogP contribution in [0.3, 0.4) is 0 Å². The molecule has 0 spiro atoms. The van der Waals surface area contributed by atoms with Crippen LogP contribution in [0.15, 0.2) is 40.2 Å². The SMILES string of the molecule is Nc1nc(OCc2ccccc2Br)c2ccsc2n1.